The van der Waals surface area contributed by atoms with Gasteiger partial charge in [0.15, 0.2) is 0 Å². The molecule has 1 heterocycles. The summed E-state index contributed by atoms with van der Waals surface area (Å²) in [6.45, 7) is 5.41. The molecule has 0 saturated carbocycles. The van der Waals surface area contributed by atoms with Crippen LogP contribution >= 0.6 is 11.3 Å². The fraction of sp³-hybridized carbons (Fsp3) is 0.200. The lowest BCUT2D eigenvalue weighted by molar-refractivity contribution is -0.114. The van der Waals surface area contributed by atoms with Gasteiger partial charge in [-0.05, 0) is 37.6 Å². The van der Waals surface area contributed by atoms with E-state index in [9.17, 15) is 9.59 Å². The van der Waals surface area contributed by atoms with E-state index in [0.29, 0.717) is 9.88 Å². The molecule has 0 fully saturated rings. The van der Waals surface area contributed by atoms with Crippen molar-refractivity contribution in [3.63, 3.8) is 0 Å². The molecule has 0 saturated heterocycles. The van der Waals surface area contributed by atoms with Crippen molar-refractivity contribution in [1.82, 2.24) is 0 Å². The van der Waals surface area contributed by atoms with Gasteiger partial charge >= 0.3 is 0 Å². The van der Waals surface area contributed by atoms with Gasteiger partial charge in [-0.15, -0.1) is 11.3 Å². The number of hydrogen-bond donors (Lipinski definition) is 2. The number of carbonyl (C=O) groups is 2. The third-order valence-corrected chi connectivity index (χ3v) is 3.76. The van der Waals surface area contributed by atoms with Crippen LogP contribution in [0.4, 0.5) is 10.7 Å². The van der Waals surface area contributed by atoms with Gasteiger partial charge in [-0.1, -0.05) is 17.7 Å². The Hall–Kier alpha value is -2.14. The number of thiophene rings is 1. The molecule has 1 aromatic carbocycles. The number of aryl methyl sites for hydroxylation is 2. The molecule has 2 rings (SSSR count). The van der Waals surface area contributed by atoms with Gasteiger partial charge in [0.2, 0.25) is 5.91 Å². The van der Waals surface area contributed by atoms with Gasteiger partial charge in [0.1, 0.15) is 0 Å². The van der Waals surface area contributed by atoms with E-state index in [2.05, 4.69) is 10.6 Å². The Labute approximate surface area is 121 Å². The normalized spacial score (nSPS) is 10.2. The van der Waals surface area contributed by atoms with Crippen molar-refractivity contribution in [2.24, 2.45) is 0 Å². The van der Waals surface area contributed by atoms with Crippen LogP contribution in [0.1, 0.15) is 27.7 Å². The van der Waals surface area contributed by atoms with Crippen molar-refractivity contribution in [3.8, 4) is 0 Å². The quantitative estimate of drug-likeness (QED) is 0.907. The van der Waals surface area contributed by atoms with Crippen molar-refractivity contribution in [2.45, 2.75) is 20.8 Å². The van der Waals surface area contributed by atoms with E-state index < -0.39 is 0 Å². The predicted molar refractivity (Wildman–Crippen MR) is 82.5 cm³/mol. The van der Waals surface area contributed by atoms with E-state index in [1.807, 2.05) is 32.0 Å². The van der Waals surface area contributed by atoms with E-state index in [1.165, 1.54) is 18.3 Å². The minimum Gasteiger partial charge on any atom is -0.321 e. The molecule has 0 spiro atoms. The molecule has 0 aliphatic rings. The number of carbonyl (C=O) groups excluding carboxylic acids is 2. The number of rotatable bonds is 3. The van der Waals surface area contributed by atoms with Crippen LogP contribution < -0.4 is 10.6 Å². The van der Waals surface area contributed by atoms with Crippen LogP contribution in [0.25, 0.3) is 0 Å². The van der Waals surface area contributed by atoms with Gasteiger partial charge < -0.3 is 10.6 Å². The summed E-state index contributed by atoms with van der Waals surface area (Å²) >= 11 is 1.25. The molecule has 0 unspecified atom stereocenters. The van der Waals surface area contributed by atoms with E-state index in [4.69, 9.17) is 0 Å². The Morgan fingerprint density at radius 2 is 1.80 bits per heavy atom. The Kier molecular flexibility index (Phi) is 4.20. The van der Waals surface area contributed by atoms with Gasteiger partial charge in [0, 0.05) is 12.6 Å². The lowest BCUT2D eigenvalue weighted by atomic mass is 10.1. The van der Waals surface area contributed by atoms with E-state index >= 15 is 0 Å². The minimum atomic E-state index is -0.168. The highest BCUT2D eigenvalue weighted by Crippen LogP contribution is 2.24. The second kappa shape index (κ2) is 5.88. The molecule has 0 bridgehead atoms. The second-order valence-corrected chi connectivity index (χ2v) is 5.70. The number of benzene rings is 1. The zero-order valence-corrected chi connectivity index (χ0v) is 12.4. The van der Waals surface area contributed by atoms with Gasteiger partial charge in [0.25, 0.3) is 5.91 Å². The second-order valence-electron chi connectivity index (χ2n) is 4.62. The van der Waals surface area contributed by atoms with Crippen molar-refractivity contribution in [2.75, 3.05) is 10.6 Å². The van der Waals surface area contributed by atoms with Crippen molar-refractivity contribution in [1.29, 1.82) is 0 Å². The monoisotopic (exact) mass is 288 g/mol. The summed E-state index contributed by atoms with van der Waals surface area (Å²) < 4.78 is 0. The Balaban J connectivity index is 2.11. The van der Waals surface area contributed by atoms with Crippen LogP contribution in [-0.2, 0) is 4.79 Å². The average molecular weight is 288 g/mol. The molecule has 4 nitrogen and oxygen atoms in total. The zero-order valence-electron chi connectivity index (χ0n) is 11.6. The largest absolute Gasteiger partial charge is 0.321 e. The molecule has 0 atom stereocenters. The molecule has 1 aromatic heterocycles. The fourth-order valence-electron chi connectivity index (χ4n) is 1.84. The first-order chi connectivity index (χ1) is 9.45. The van der Waals surface area contributed by atoms with Crippen LogP contribution in [0.15, 0.2) is 30.3 Å². The maximum Gasteiger partial charge on any atom is 0.265 e. The number of hydrogen-bond acceptors (Lipinski definition) is 3. The first-order valence-electron chi connectivity index (χ1n) is 6.22. The molecule has 2 amide bonds. The van der Waals surface area contributed by atoms with Crippen molar-refractivity contribution in [3.05, 3.63) is 46.3 Å². The maximum absolute atomic E-state index is 12.1. The molecule has 0 aliphatic heterocycles. The average Bonchev–Trinajstić information content (AvgIpc) is 2.80. The smallest absolute Gasteiger partial charge is 0.265 e. The molecular formula is C15H16N2O2S. The minimum absolute atomic E-state index is 0.145. The number of nitrogens with one attached hydrogen (secondary N) is 2. The first kappa shape index (κ1) is 14.3. The molecule has 2 aromatic rings. The van der Waals surface area contributed by atoms with Crippen LogP contribution in [0.3, 0.4) is 0 Å². The predicted octanol–water partition coefficient (Wildman–Crippen LogP) is 3.58. The molecule has 20 heavy (non-hydrogen) atoms. The summed E-state index contributed by atoms with van der Waals surface area (Å²) in [5, 5.41) is 6.21. The Morgan fingerprint density at radius 1 is 1.05 bits per heavy atom. The van der Waals surface area contributed by atoms with Crippen LogP contribution in [0, 0.1) is 13.8 Å². The molecule has 0 radical (unpaired) electrons. The van der Waals surface area contributed by atoms with Gasteiger partial charge in [-0.3, -0.25) is 9.59 Å². The van der Waals surface area contributed by atoms with E-state index in [0.717, 1.165) is 16.8 Å². The lowest BCUT2D eigenvalue weighted by Gasteiger charge is -2.08. The summed E-state index contributed by atoms with van der Waals surface area (Å²) in [5.74, 6) is -0.313. The SMILES string of the molecule is CC(=O)Nc1ccc(C(=O)Nc2ccc(C)cc2C)s1. The summed E-state index contributed by atoms with van der Waals surface area (Å²) in [4.78, 5) is 23.7. The van der Waals surface area contributed by atoms with Crippen LogP contribution in [0.2, 0.25) is 0 Å². The van der Waals surface area contributed by atoms with Crippen LogP contribution in [0.5, 0.6) is 0 Å². The Bertz CT molecular complexity index is 662. The van der Waals surface area contributed by atoms with Crippen molar-refractivity contribution >= 4 is 33.8 Å². The third kappa shape index (κ3) is 3.45. The maximum atomic E-state index is 12.1. The summed E-state index contributed by atoms with van der Waals surface area (Å²) in [7, 11) is 0. The highest BCUT2D eigenvalue weighted by Gasteiger charge is 2.11. The fourth-order valence-corrected chi connectivity index (χ4v) is 2.69. The van der Waals surface area contributed by atoms with E-state index in [1.54, 1.807) is 12.1 Å². The molecule has 5 heteroatoms. The van der Waals surface area contributed by atoms with E-state index in [-0.39, 0.29) is 11.8 Å². The number of anilines is 2. The lowest BCUT2D eigenvalue weighted by Crippen LogP contribution is -2.11. The summed E-state index contributed by atoms with van der Waals surface area (Å²) in [6, 6.07) is 9.30. The number of amides is 2. The first-order valence-corrected chi connectivity index (χ1v) is 7.03. The topological polar surface area (TPSA) is 58.2 Å². The highest BCUT2D eigenvalue weighted by molar-refractivity contribution is 7.18. The highest BCUT2D eigenvalue weighted by atomic mass is 32.1. The standard InChI is InChI=1S/C15H16N2O2S/c1-9-4-5-12(10(2)8-9)17-15(19)13-6-7-14(20-13)16-11(3)18/h4-8H,1-3H3,(H,16,18)(H,17,19). The Morgan fingerprint density at radius 3 is 2.45 bits per heavy atom. The van der Waals surface area contributed by atoms with Gasteiger partial charge in [-0.2, -0.15) is 0 Å². The molecule has 2 N–H and O–H groups in total. The zero-order chi connectivity index (χ0) is 14.7. The van der Waals surface area contributed by atoms with Gasteiger partial charge in [0.05, 0.1) is 9.88 Å². The molecule has 0 aliphatic carbocycles. The van der Waals surface area contributed by atoms with Crippen molar-refractivity contribution < 1.29 is 9.59 Å². The van der Waals surface area contributed by atoms with Crippen LogP contribution in [-0.4, -0.2) is 11.8 Å². The van der Waals surface area contributed by atoms with Gasteiger partial charge in [-0.25, -0.2) is 0 Å². The molecular weight excluding hydrogens is 272 g/mol. The molecule has 104 valence electrons. The summed E-state index contributed by atoms with van der Waals surface area (Å²) in [5.41, 5.74) is 2.98. The summed E-state index contributed by atoms with van der Waals surface area (Å²) in [6.07, 6.45) is 0. The third-order valence-electron chi connectivity index (χ3n) is 2.76.